The molecule has 1 aromatic carbocycles. The van der Waals surface area contributed by atoms with Crippen LogP contribution < -0.4 is 14.8 Å². The fraction of sp³-hybridized carbons (Fsp3) is 0.650. The summed E-state index contributed by atoms with van der Waals surface area (Å²) in [6.45, 7) is 11.5. The predicted molar refractivity (Wildman–Crippen MR) is 123 cm³/mol. The van der Waals surface area contributed by atoms with Crippen molar-refractivity contribution in [3.8, 4) is 11.5 Å². The van der Waals surface area contributed by atoms with Gasteiger partial charge in [-0.25, -0.2) is 0 Å². The van der Waals surface area contributed by atoms with Crippen molar-refractivity contribution in [1.82, 2.24) is 15.1 Å². The monoisotopic (exact) mass is 490 g/mol. The van der Waals surface area contributed by atoms with Crippen LogP contribution in [0.2, 0.25) is 0 Å². The number of likely N-dealkylation sites (N-methyl/N-ethyl adjacent to an activating group) is 1. The first kappa shape index (κ1) is 23.8. The lowest BCUT2D eigenvalue weighted by Gasteiger charge is -2.27. The van der Waals surface area contributed by atoms with Crippen LogP contribution in [0.4, 0.5) is 0 Å². The fourth-order valence-electron chi connectivity index (χ4n) is 3.51. The molecule has 0 bridgehead atoms. The zero-order valence-electron chi connectivity index (χ0n) is 17.3. The Bertz CT molecular complexity index is 581. The number of rotatable bonds is 8. The van der Waals surface area contributed by atoms with Gasteiger partial charge in [0.05, 0.1) is 13.7 Å². The largest absolute Gasteiger partial charge is 0.493 e. The molecule has 1 fully saturated rings. The van der Waals surface area contributed by atoms with Crippen LogP contribution in [0.15, 0.2) is 29.3 Å². The van der Waals surface area contributed by atoms with Gasteiger partial charge in [-0.1, -0.05) is 26.0 Å². The van der Waals surface area contributed by atoms with E-state index < -0.39 is 0 Å². The summed E-state index contributed by atoms with van der Waals surface area (Å²) < 4.78 is 11.4. The van der Waals surface area contributed by atoms with E-state index in [2.05, 4.69) is 40.9 Å². The number of guanidine groups is 1. The van der Waals surface area contributed by atoms with Crippen LogP contribution in [0.1, 0.15) is 27.2 Å². The SMILES string of the molecule is CCN(CC)C1CCN(C(=NC)NCC(C)Oc2ccccc2OC)C1.I. The Hall–Kier alpha value is -1.22. The highest BCUT2D eigenvalue weighted by molar-refractivity contribution is 14.0. The molecule has 7 heteroatoms. The fourth-order valence-corrected chi connectivity index (χ4v) is 3.51. The van der Waals surface area contributed by atoms with Gasteiger partial charge in [-0.15, -0.1) is 24.0 Å². The summed E-state index contributed by atoms with van der Waals surface area (Å²) in [5, 5.41) is 3.46. The average Bonchev–Trinajstić information content (AvgIpc) is 3.13. The van der Waals surface area contributed by atoms with Gasteiger partial charge in [0.25, 0.3) is 0 Å². The Balaban J connectivity index is 0.00000364. The van der Waals surface area contributed by atoms with Gasteiger partial charge in [0.1, 0.15) is 6.10 Å². The lowest BCUT2D eigenvalue weighted by Crippen LogP contribution is -2.45. The lowest BCUT2D eigenvalue weighted by atomic mass is 10.2. The molecule has 0 aromatic heterocycles. The van der Waals surface area contributed by atoms with Gasteiger partial charge in [-0.05, 0) is 38.6 Å². The van der Waals surface area contributed by atoms with Crippen molar-refractivity contribution in [2.45, 2.75) is 39.3 Å². The third-order valence-corrected chi connectivity index (χ3v) is 4.95. The van der Waals surface area contributed by atoms with Crippen molar-refractivity contribution in [3.05, 3.63) is 24.3 Å². The minimum Gasteiger partial charge on any atom is -0.493 e. The van der Waals surface area contributed by atoms with Crippen molar-refractivity contribution < 1.29 is 9.47 Å². The number of hydrogen-bond acceptors (Lipinski definition) is 4. The molecule has 2 rings (SSSR count). The van der Waals surface area contributed by atoms with Gasteiger partial charge in [0.2, 0.25) is 0 Å². The van der Waals surface area contributed by atoms with E-state index >= 15 is 0 Å². The summed E-state index contributed by atoms with van der Waals surface area (Å²) in [6, 6.07) is 8.35. The molecule has 0 saturated carbocycles. The van der Waals surface area contributed by atoms with E-state index in [9.17, 15) is 0 Å². The molecule has 0 amide bonds. The maximum atomic E-state index is 6.02. The molecule has 1 aliphatic rings. The molecule has 1 saturated heterocycles. The normalized spacial score (nSPS) is 18.2. The maximum absolute atomic E-state index is 6.02. The Morgan fingerprint density at radius 3 is 2.56 bits per heavy atom. The van der Waals surface area contributed by atoms with Gasteiger partial charge < -0.3 is 19.7 Å². The maximum Gasteiger partial charge on any atom is 0.193 e. The standard InChI is InChI=1S/C20H34N4O2.HI/c1-6-23(7-2)17-12-13-24(15-17)20(21-4)22-14-16(3)26-19-11-9-8-10-18(19)25-5;/h8-11,16-17H,6-7,12-15H2,1-5H3,(H,21,22);1H. The van der Waals surface area contributed by atoms with Gasteiger partial charge in [-0.3, -0.25) is 9.89 Å². The molecule has 0 aliphatic carbocycles. The second-order valence-electron chi connectivity index (χ2n) is 6.62. The molecule has 0 spiro atoms. The van der Waals surface area contributed by atoms with E-state index in [1.54, 1.807) is 7.11 Å². The number of para-hydroxylation sites is 2. The second kappa shape index (κ2) is 12.3. The van der Waals surface area contributed by atoms with Gasteiger partial charge in [0.15, 0.2) is 17.5 Å². The first-order valence-electron chi connectivity index (χ1n) is 9.62. The van der Waals surface area contributed by atoms with Crippen LogP contribution in [0.3, 0.4) is 0 Å². The van der Waals surface area contributed by atoms with E-state index in [0.29, 0.717) is 12.6 Å². The third-order valence-electron chi connectivity index (χ3n) is 4.95. The topological polar surface area (TPSA) is 49.3 Å². The van der Waals surface area contributed by atoms with Crippen molar-refractivity contribution in [3.63, 3.8) is 0 Å². The molecule has 0 radical (unpaired) electrons. The van der Waals surface area contributed by atoms with Crippen LogP contribution in [0.25, 0.3) is 0 Å². The summed E-state index contributed by atoms with van der Waals surface area (Å²) >= 11 is 0. The van der Waals surface area contributed by atoms with Crippen molar-refractivity contribution in [2.24, 2.45) is 4.99 Å². The highest BCUT2D eigenvalue weighted by Gasteiger charge is 2.28. The van der Waals surface area contributed by atoms with Gasteiger partial charge in [-0.2, -0.15) is 0 Å². The summed E-state index contributed by atoms with van der Waals surface area (Å²) in [4.78, 5) is 9.34. The number of ether oxygens (including phenoxy) is 2. The molecule has 1 aromatic rings. The van der Waals surface area contributed by atoms with Crippen LogP contribution in [-0.2, 0) is 0 Å². The number of halogens is 1. The minimum atomic E-state index is 0. The van der Waals surface area contributed by atoms with E-state index in [4.69, 9.17) is 9.47 Å². The zero-order valence-corrected chi connectivity index (χ0v) is 19.6. The number of nitrogens with one attached hydrogen (secondary N) is 1. The average molecular weight is 490 g/mol. The number of nitrogens with zero attached hydrogens (tertiary/aromatic N) is 3. The van der Waals surface area contributed by atoms with Crippen LogP contribution >= 0.6 is 24.0 Å². The molecule has 154 valence electrons. The number of methoxy groups -OCH3 is 1. The molecule has 6 nitrogen and oxygen atoms in total. The first-order valence-corrected chi connectivity index (χ1v) is 9.62. The van der Waals surface area contributed by atoms with Crippen molar-refractivity contribution >= 4 is 29.9 Å². The number of hydrogen-bond donors (Lipinski definition) is 1. The minimum absolute atomic E-state index is 0. The molecule has 1 N–H and O–H groups in total. The molecular formula is C20H35IN4O2. The Morgan fingerprint density at radius 2 is 1.96 bits per heavy atom. The van der Waals surface area contributed by atoms with Gasteiger partial charge >= 0.3 is 0 Å². The molecular weight excluding hydrogens is 455 g/mol. The summed E-state index contributed by atoms with van der Waals surface area (Å²) in [6.07, 6.45) is 1.19. The van der Waals surface area contributed by atoms with E-state index in [1.165, 1.54) is 6.42 Å². The molecule has 1 aliphatic heterocycles. The van der Waals surface area contributed by atoms with E-state index in [0.717, 1.165) is 43.6 Å². The predicted octanol–water partition coefficient (Wildman–Crippen LogP) is 3.07. The Labute approximate surface area is 181 Å². The third kappa shape index (κ3) is 6.71. The Morgan fingerprint density at radius 1 is 1.30 bits per heavy atom. The van der Waals surface area contributed by atoms with Crippen LogP contribution in [0, 0.1) is 0 Å². The number of aliphatic imine (C=N–C) groups is 1. The lowest BCUT2D eigenvalue weighted by molar-refractivity contribution is 0.210. The second-order valence-corrected chi connectivity index (χ2v) is 6.62. The van der Waals surface area contributed by atoms with E-state index in [1.807, 2.05) is 31.3 Å². The van der Waals surface area contributed by atoms with Crippen LogP contribution in [-0.4, -0.2) is 74.8 Å². The highest BCUT2D eigenvalue weighted by atomic mass is 127. The molecule has 1 heterocycles. The van der Waals surface area contributed by atoms with Crippen LogP contribution in [0.5, 0.6) is 11.5 Å². The van der Waals surface area contributed by atoms with Crippen molar-refractivity contribution in [1.29, 1.82) is 0 Å². The van der Waals surface area contributed by atoms with Gasteiger partial charge in [0, 0.05) is 26.2 Å². The van der Waals surface area contributed by atoms with Crippen molar-refractivity contribution in [2.75, 3.05) is 46.9 Å². The number of likely N-dealkylation sites (tertiary alicyclic amines) is 1. The summed E-state index contributed by atoms with van der Waals surface area (Å²) in [7, 11) is 3.51. The quantitative estimate of drug-likeness (QED) is 0.345. The first-order chi connectivity index (χ1) is 12.6. The molecule has 2 unspecified atom stereocenters. The summed E-state index contributed by atoms with van der Waals surface area (Å²) in [5.74, 6) is 2.47. The molecule has 27 heavy (non-hydrogen) atoms. The Kier molecular flexibility index (Phi) is 10.8. The smallest absolute Gasteiger partial charge is 0.193 e. The van der Waals surface area contributed by atoms with E-state index in [-0.39, 0.29) is 30.1 Å². The summed E-state index contributed by atoms with van der Waals surface area (Å²) in [5.41, 5.74) is 0. The zero-order chi connectivity index (χ0) is 18.9. The molecule has 2 atom stereocenters. The highest BCUT2D eigenvalue weighted by Crippen LogP contribution is 2.26. The number of benzene rings is 1.